The van der Waals surface area contributed by atoms with Crippen molar-refractivity contribution in [2.75, 3.05) is 13.1 Å². The summed E-state index contributed by atoms with van der Waals surface area (Å²) in [4.78, 5) is 30.1. The number of aromatic nitrogens is 1. The first-order valence-electron chi connectivity index (χ1n) is 9.40. The van der Waals surface area contributed by atoms with Crippen LogP contribution in [0.25, 0.3) is 10.9 Å². The third-order valence-corrected chi connectivity index (χ3v) is 5.95. The lowest BCUT2D eigenvalue weighted by Crippen LogP contribution is -2.47. The average molecular weight is 378 g/mol. The number of carbonyl (C=O) groups excluding carboxylic acids is 2. The van der Waals surface area contributed by atoms with E-state index in [0.29, 0.717) is 43.4 Å². The van der Waals surface area contributed by atoms with E-state index in [1.165, 1.54) is 29.5 Å². The van der Waals surface area contributed by atoms with Crippen LogP contribution in [0.15, 0.2) is 48.7 Å². The van der Waals surface area contributed by atoms with Gasteiger partial charge in [0.15, 0.2) is 0 Å². The summed E-state index contributed by atoms with van der Waals surface area (Å²) in [6, 6.07) is 12.3. The molecule has 1 spiro atoms. The molecule has 6 heteroatoms. The van der Waals surface area contributed by atoms with Crippen molar-refractivity contribution in [3.8, 4) is 0 Å². The average Bonchev–Trinajstić information content (AvgIpc) is 3.30. The Morgan fingerprint density at radius 2 is 1.89 bits per heavy atom. The highest BCUT2D eigenvalue weighted by Crippen LogP contribution is 2.44. The molecule has 3 aromatic rings. The molecule has 5 nitrogen and oxygen atoms in total. The summed E-state index contributed by atoms with van der Waals surface area (Å²) >= 11 is 0. The van der Waals surface area contributed by atoms with Gasteiger partial charge in [-0.05, 0) is 42.2 Å². The Hall–Kier alpha value is -2.99. The lowest BCUT2D eigenvalue weighted by atomic mass is 9.83. The number of nitrogens with zero attached hydrogens (tertiary/aromatic N) is 1. The van der Waals surface area contributed by atoms with E-state index in [1.54, 1.807) is 11.0 Å². The highest BCUT2D eigenvalue weighted by atomic mass is 19.1. The number of aromatic amines is 1. The number of nitrogens with one attached hydrogen (secondary N) is 1. The first kappa shape index (κ1) is 17.1. The maximum atomic E-state index is 13.6. The molecule has 0 bridgehead atoms. The number of halogens is 1. The van der Waals surface area contributed by atoms with Gasteiger partial charge in [-0.1, -0.05) is 24.3 Å². The number of fused-ring (bicyclic) bond motifs is 3. The summed E-state index contributed by atoms with van der Waals surface area (Å²) in [5.41, 5.74) is 2.87. The van der Waals surface area contributed by atoms with E-state index in [1.807, 2.05) is 12.1 Å². The quantitative estimate of drug-likeness (QED) is 0.548. The molecule has 0 aliphatic carbocycles. The Kier molecular flexibility index (Phi) is 3.84. The molecule has 1 N–H and O–H groups in total. The smallest absolute Gasteiger partial charge is 0.295 e. The Morgan fingerprint density at radius 3 is 2.71 bits per heavy atom. The number of piperidine rings is 1. The van der Waals surface area contributed by atoms with Crippen LogP contribution in [0.1, 0.15) is 34.3 Å². The monoisotopic (exact) mass is 378 g/mol. The number of hydrogen-bond donors (Lipinski definition) is 1. The summed E-state index contributed by atoms with van der Waals surface area (Å²) in [5, 5.41) is 0.430. The summed E-state index contributed by atoms with van der Waals surface area (Å²) in [7, 11) is 0. The Labute approximate surface area is 161 Å². The van der Waals surface area contributed by atoms with Crippen molar-refractivity contribution < 1.29 is 18.7 Å². The fourth-order valence-electron chi connectivity index (χ4n) is 4.41. The highest BCUT2D eigenvalue weighted by Gasteiger charge is 2.43. The summed E-state index contributed by atoms with van der Waals surface area (Å²) in [6.07, 6.45) is 2.79. The first-order chi connectivity index (χ1) is 13.6. The van der Waals surface area contributed by atoms with Crippen molar-refractivity contribution in [3.05, 3.63) is 71.2 Å². The molecule has 1 aromatic heterocycles. The zero-order valence-electron chi connectivity index (χ0n) is 15.2. The van der Waals surface area contributed by atoms with Crippen molar-refractivity contribution in [1.29, 1.82) is 0 Å². The van der Waals surface area contributed by atoms with Crippen molar-refractivity contribution in [2.24, 2.45) is 0 Å². The van der Waals surface area contributed by atoms with Gasteiger partial charge in [0.1, 0.15) is 5.82 Å². The zero-order valence-corrected chi connectivity index (χ0v) is 15.2. The first-order valence-corrected chi connectivity index (χ1v) is 9.40. The van der Waals surface area contributed by atoms with Gasteiger partial charge in [-0.3, -0.25) is 9.59 Å². The van der Waals surface area contributed by atoms with Gasteiger partial charge in [0, 0.05) is 30.2 Å². The second-order valence-corrected chi connectivity index (χ2v) is 7.45. The highest BCUT2D eigenvalue weighted by molar-refractivity contribution is 6.44. The number of ketones is 1. The normalized spacial score (nSPS) is 17.8. The minimum atomic E-state index is -0.611. The minimum Gasteiger partial charge on any atom is -0.365 e. The Balaban J connectivity index is 1.35. The molecule has 2 aromatic carbocycles. The van der Waals surface area contributed by atoms with Crippen LogP contribution in [0.5, 0.6) is 0 Å². The second kappa shape index (κ2) is 6.27. The van der Waals surface area contributed by atoms with Crippen LogP contribution in [0.3, 0.4) is 0 Å². The third kappa shape index (κ3) is 2.56. The lowest BCUT2D eigenvalue weighted by Gasteiger charge is -2.39. The molecular weight excluding hydrogens is 359 g/mol. The van der Waals surface area contributed by atoms with E-state index in [2.05, 4.69) is 17.1 Å². The predicted octanol–water partition coefficient (Wildman–Crippen LogP) is 3.54. The topological polar surface area (TPSA) is 62.4 Å². The van der Waals surface area contributed by atoms with Crippen molar-refractivity contribution in [1.82, 2.24) is 9.88 Å². The second-order valence-electron chi connectivity index (χ2n) is 7.45. The molecule has 3 heterocycles. The van der Waals surface area contributed by atoms with Gasteiger partial charge in [-0.15, -0.1) is 0 Å². The SMILES string of the molecule is O=C(C(=O)N1CCC2(CC1)OCc1ccccc12)c1c[nH]c2ccc(F)cc12. The molecule has 1 amide bonds. The zero-order chi connectivity index (χ0) is 19.3. The molecular formula is C22H19FN2O3. The molecule has 142 valence electrons. The fraction of sp³-hybridized carbons (Fsp3) is 0.273. The molecule has 28 heavy (non-hydrogen) atoms. The van der Waals surface area contributed by atoms with Crippen LogP contribution in [0, 0.1) is 5.82 Å². The van der Waals surface area contributed by atoms with Crippen LogP contribution in [0.4, 0.5) is 4.39 Å². The molecule has 0 saturated carbocycles. The van der Waals surface area contributed by atoms with Gasteiger partial charge < -0.3 is 14.6 Å². The van der Waals surface area contributed by atoms with E-state index >= 15 is 0 Å². The number of likely N-dealkylation sites (tertiary alicyclic amines) is 1. The van der Waals surface area contributed by atoms with Gasteiger partial charge in [0.05, 0.1) is 17.8 Å². The number of Topliss-reactive ketones (excluding diaryl/α,β-unsaturated/α-hetero) is 1. The molecule has 0 radical (unpaired) electrons. The molecule has 0 atom stereocenters. The minimum absolute atomic E-state index is 0.210. The van der Waals surface area contributed by atoms with E-state index < -0.39 is 17.5 Å². The van der Waals surface area contributed by atoms with Crippen molar-refractivity contribution >= 4 is 22.6 Å². The van der Waals surface area contributed by atoms with E-state index in [0.717, 1.165) is 0 Å². The molecule has 5 rings (SSSR count). The largest absolute Gasteiger partial charge is 0.365 e. The van der Waals surface area contributed by atoms with Gasteiger partial charge >= 0.3 is 0 Å². The van der Waals surface area contributed by atoms with Gasteiger partial charge in [0.25, 0.3) is 11.7 Å². The number of benzene rings is 2. The van der Waals surface area contributed by atoms with E-state index in [4.69, 9.17) is 4.74 Å². The Bertz CT molecular complexity index is 1100. The van der Waals surface area contributed by atoms with E-state index in [9.17, 15) is 14.0 Å². The van der Waals surface area contributed by atoms with Gasteiger partial charge in [0.2, 0.25) is 0 Å². The fourth-order valence-corrected chi connectivity index (χ4v) is 4.41. The number of rotatable bonds is 2. The number of amides is 1. The number of H-pyrrole nitrogens is 1. The summed E-state index contributed by atoms with van der Waals surface area (Å²) in [5.74, 6) is -1.60. The van der Waals surface area contributed by atoms with Crippen LogP contribution in [-0.2, 0) is 21.7 Å². The number of ether oxygens (including phenoxy) is 1. The molecule has 0 unspecified atom stereocenters. The predicted molar refractivity (Wildman–Crippen MR) is 101 cm³/mol. The summed E-state index contributed by atoms with van der Waals surface area (Å²) in [6.45, 7) is 1.50. The van der Waals surface area contributed by atoms with Crippen LogP contribution in [0.2, 0.25) is 0 Å². The third-order valence-electron chi connectivity index (χ3n) is 5.95. The molecule has 2 aliphatic rings. The van der Waals surface area contributed by atoms with E-state index in [-0.39, 0.29) is 11.2 Å². The molecule has 1 fully saturated rings. The van der Waals surface area contributed by atoms with Crippen molar-refractivity contribution in [2.45, 2.75) is 25.0 Å². The van der Waals surface area contributed by atoms with Gasteiger partial charge in [-0.2, -0.15) is 0 Å². The van der Waals surface area contributed by atoms with Crippen molar-refractivity contribution in [3.63, 3.8) is 0 Å². The number of hydrogen-bond acceptors (Lipinski definition) is 3. The maximum absolute atomic E-state index is 13.6. The Morgan fingerprint density at radius 1 is 1.11 bits per heavy atom. The van der Waals surface area contributed by atoms with Gasteiger partial charge in [-0.25, -0.2) is 4.39 Å². The lowest BCUT2D eigenvalue weighted by molar-refractivity contribution is -0.133. The standard InChI is InChI=1S/C22H19FN2O3/c23-15-5-6-19-16(11-15)17(12-24-19)20(26)21(27)25-9-7-22(8-10-25)18-4-2-1-3-14(18)13-28-22/h1-6,11-12,24H,7-10,13H2. The summed E-state index contributed by atoms with van der Waals surface area (Å²) < 4.78 is 19.7. The maximum Gasteiger partial charge on any atom is 0.295 e. The van der Waals surface area contributed by atoms with Crippen LogP contribution < -0.4 is 0 Å². The number of carbonyl (C=O) groups is 2. The van der Waals surface area contributed by atoms with Crippen LogP contribution >= 0.6 is 0 Å². The molecule has 1 saturated heterocycles. The molecule has 2 aliphatic heterocycles. The van der Waals surface area contributed by atoms with Crippen LogP contribution in [-0.4, -0.2) is 34.7 Å².